The molecule has 0 amide bonds. The summed E-state index contributed by atoms with van der Waals surface area (Å²) in [5.74, 6) is 0.383. The molecule has 116 valence electrons. The maximum absolute atomic E-state index is 5.88. The summed E-state index contributed by atoms with van der Waals surface area (Å²) in [6.45, 7) is 8.26. The minimum Gasteiger partial charge on any atom is -0.368 e. The van der Waals surface area contributed by atoms with Crippen LogP contribution in [0.2, 0.25) is 0 Å². The number of aliphatic imine (C=N–C) groups is 2. The first-order valence-corrected chi connectivity index (χ1v) is 6.49. The third kappa shape index (κ3) is 3.74. The van der Waals surface area contributed by atoms with Crippen LogP contribution in [0.3, 0.4) is 0 Å². The van der Waals surface area contributed by atoms with Crippen LogP contribution in [-0.4, -0.2) is 22.6 Å². The Morgan fingerprint density at radius 3 is 2.29 bits per heavy atom. The fraction of sp³-hybridized carbons (Fsp3) is 0.429. The molecule has 0 aliphatic carbocycles. The number of rotatable bonds is 3. The molecule has 7 heteroatoms. The highest BCUT2D eigenvalue weighted by molar-refractivity contribution is 8.93. The van der Waals surface area contributed by atoms with Crippen molar-refractivity contribution in [3.8, 4) is 0 Å². The summed E-state index contributed by atoms with van der Waals surface area (Å²) in [6.07, 6.45) is 0. The number of benzene rings is 1. The third-order valence-corrected chi connectivity index (χ3v) is 3.30. The van der Waals surface area contributed by atoms with Gasteiger partial charge in [-0.15, -0.1) is 17.0 Å². The summed E-state index contributed by atoms with van der Waals surface area (Å²) in [5.41, 5.74) is 14.3. The van der Waals surface area contributed by atoms with Gasteiger partial charge in [0, 0.05) is 0 Å². The smallest absolute Gasteiger partial charge is 0.226 e. The van der Waals surface area contributed by atoms with Gasteiger partial charge in [-0.2, -0.15) is 10.1 Å². The molecule has 6 nitrogen and oxygen atoms in total. The average Bonchev–Trinajstić information content (AvgIpc) is 2.30. The lowest BCUT2D eigenvalue weighted by atomic mass is 10.0. The second-order valence-electron chi connectivity index (χ2n) is 5.37. The van der Waals surface area contributed by atoms with E-state index in [1.807, 2.05) is 19.9 Å². The van der Waals surface area contributed by atoms with Crippen molar-refractivity contribution >= 4 is 28.9 Å². The zero-order valence-corrected chi connectivity index (χ0v) is 14.5. The van der Waals surface area contributed by atoms with Crippen LogP contribution in [0.5, 0.6) is 0 Å². The molecule has 0 aromatic heterocycles. The molecule has 1 aliphatic heterocycles. The molecule has 1 aromatic carbocycles. The van der Waals surface area contributed by atoms with Crippen LogP contribution < -0.4 is 11.5 Å². The number of halogens is 1. The van der Waals surface area contributed by atoms with Gasteiger partial charge in [0.15, 0.2) is 5.66 Å². The molecule has 1 aliphatic rings. The first-order chi connectivity index (χ1) is 9.31. The van der Waals surface area contributed by atoms with Crippen LogP contribution in [-0.2, 0) is 11.4 Å². The standard InChI is InChI=1S/C14H21N5O.BrH/c1-9-6-5-7-10(2)11(9)8-20-19-13(16)17-12(15)18-14(19,3)4;/h5-7H,8H2,1-4H3,(H4,15,16,17,18);1H. The first kappa shape index (κ1) is 17.5. The van der Waals surface area contributed by atoms with Gasteiger partial charge in [0.05, 0.1) is 0 Å². The van der Waals surface area contributed by atoms with E-state index in [1.54, 1.807) is 0 Å². The van der Waals surface area contributed by atoms with E-state index < -0.39 is 5.66 Å². The third-order valence-electron chi connectivity index (χ3n) is 3.30. The number of nitrogens with two attached hydrogens (primary N) is 2. The van der Waals surface area contributed by atoms with Crippen molar-refractivity contribution in [1.82, 2.24) is 5.06 Å². The molecular weight excluding hydrogens is 334 g/mol. The molecule has 4 N–H and O–H groups in total. The molecule has 0 spiro atoms. The Balaban J connectivity index is 0.00000220. The van der Waals surface area contributed by atoms with Gasteiger partial charge in [-0.3, -0.25) is 4.84 Å². The number of hydrogen-bond donors (Lipinski definition) is 2. The molecule has 0 bridgehead atoms. The van der Waals surface area contributed by atoms with Crippen LogP contribution in [0, 0.1) is 13.8 Å². The molecule has 2 rings (SSSR count). The van der Waals surface area contributed by atoms with Gasteiger partial charge in [0.2, 0.25) is 11.9 Å². The quantitative estimate of drug-likeness (QED) is 0.867. The first-order valence-electron chi connectivity index (χ1n) is 6.49. The van der Waals surface area contributed by atoms with Crippen LogP contribution in [0.1, 0.15) is 30.5 Å². The number of hydrogen-bond acceptors (Lipinski definition) is 6. The summed E-state index contributed by atoms with van der Waals surface area (Å²) >= 11 is 0. The van der Waals surface area contributed by atoms with Crippen molar-refractivity contribution in [2.75, 3.05) is 0 Å². The summed E-state index contributed by atoms with van der Waals surface area (Å²) < 4.78 is 0. The normalized spacial score (nSPS) is 16.9. The Hall–Kier alpha value is -1.60. The maximum Gasteiger partial charge on any atom is 0.226 e. The van der Waals surface area contributed by atoms with Crippen molar-refractivity contribution in [2.24, 2.45) is 21.5 Å². The number of hydroxylamine groups is 2. The van der Waals surface area contributed by atoms with E-state index in [4.69, 9.17) is 16.3 Å². The minimum absolute atomic E-state index is 0. The molecule has 0 fully saturated rings. The molecule has 1 heterocycles. The number of guanidine groups is 2. The Morgan fingerprint density at radius 1 is 1.19 bits per heavy atom. The number of aryl methyl sites for hydroxylation is 2. The lowest BCUT2D eigenvalue weighted by Gasteiger charge is -2.37. The maximum atomic E-state index is 5.88. The van der Waals surface area contributed by atoms with Crippen LogP contribution in [0.4, 0.5) is 0 Å². The monoisotopic (exact) mass is 355 g/mol. The highest BCUT2D eigenvalue weighted by atomic mass is 79.9. The predicted octanol–water partition coefficient (Wildman–Crippen LogP) is 1.99. The lowest BCUT2D eigenvalue weighted by Crippen LogP contribution is -2.53. The van der Waals surface area contributed by atoms with E-state index in [2.05, 4.69) is 36.0 Å². The van der Waals surface area contributed by atoms with E-state index in [0.29, 0.717) is 6.61 Å². The Labute approximate surface area is 135 Å². The highest BCUT2D eigenvalue weighted by Crippen LogP contribution is 2.22. The van der Waals surface area contributed by atoms with Crippen molar-refractivity contribution in [1.29, 1.82) is 0 Å². The number of nitrogens with zero attached hydrogens (tertiary/aromatic N) is 3. The lowest BCUT2D eigenvalue weighted by molar-refractivity contribution is -0.167. The summed E-state index contributed by atoms with van der Waals surface area (Å²) in [6, 6.07) is 6.14. The molecule has 0 saturated heterocycles. The van der Waals surface area contributed by atoms with E-state index in [0.717, 1.165) is 5.56 Å². The zero-order valence-electron chi connectivity index (χ0n) is 12.8. The topological polar surface area (TPSA) is 89.2 Å². The molecule has 0 unspecified atom stereocenters. The van der Waals surface area contributed by atoms with Gasteiger partial charge in [-0.1, -0.05) is 18.2 Å². The van der Waals surface area contributed by atoms with E-state index in [9.17, 15) is 0 Å². The largest absolute Gasteiger partial charge is 0.368 e. The fourth-order valence-corrected chi connectivity index (χ4v) is 2.22. The second kappa shape index (κ2) is 6.44. The minimum atomic E-state index is -0.674. The van der Waals surface area contributed by atoms with E-state index >= 15 is 0 Å². The Morgan fingerprint density at radius 2 is 1.76 bits per heavy atom. The van der Waals surface area contributed by atoms with Gasteiger partial charge < -0.3 is 11.5 Å². The molecule has 1 aromatic rings. The van der Waals surface area contributed by atoms with Crippen molar-refractivity contribution in [3.05, 3.63) is 34.9 Å². The SMILES string of the molecule is Br.Cc1cccc(C)c1CON1C(N)=NC(N)=NC1(C)C. The van der Waals surface area contributed by atoms with Crippen molar-refractivity contribution in [3.63, 3.8) is 0 Å². The van der Waals surface area contributed by atoms with Crippen LogP contribution >= 0.6 is 17.0 Å². The summed E-state index contributed by atoms with van der Waals surface area (Å²) in [4.78, 5) is 14.0. The van der Waals surface area contributed by atoms with Crippen molar-refractivity contribution < 1.29 is 4.84 Å². The van der Waals surface area contributed by atoms with E-state index in [1.165, 1.54) is 16.2 Å². The highest BCUT2D eigenvalue weighted by Gasteiger charge is 2.33. The van der Waals surface area contributed by atoms with E-state index in [-0.39, 0.29) is 28.9 Å². The Kier molecular flexibility index (Phi) is 5.36. The van der Waals surface area contributed by atoms with Gasteiger partial charge in [-0.05, 0) is 44.4 Å². The predicted molar refractivity (Wildman–Crippen MR) is 90.2 cm³/mol. The zero-order chi connectivity index (χ0) is 14.9. The summed E-state index contributed by atoms with van der Waals surface area (Å²) in [5, 5.41) is 1.50. The van der Waals surface area contributed by atoms with Crippen LogP contribution in [0.15, 0.2) is 28.2 Å². The molecule has 0 saturated carbocycles. The van der Waals surface area contributed by atoms with Gasteiger partial charge in [0.1, 0.15) is 6.61 Å². The van der Waals surface area contributed by atoms with Gasteiger partial charge in [0.25, 0.3) is 0 Å². The average molecular weight is 356 g/mol. The van der Waals surface area contributed by atoms with Crippen molar-refractivity contribution in [2.45, 2.75) is 40.0 Å². The fourth-order valence-electron chi connectivity index (χ4n) is 2.22. The second-order valence-corrected chi connectivity index (χ2v) is 5.37. The van der Waals surface area contributed by atoms with Gasteiger partial charge >= 0.3 is 0 Å². The molecule has 0 radical (unpaired) electrons. The molecular formula is C14H22BrN5O. The van der Waals surface area contributed by atoms with Gasteiger partial charge in [-0.25, -0.2) is 4.99 Å². The summed E-state index contributed by atoms with van der Waals surface area (Å²) in [7, 11) is 0. The van der Waals surface area contributed by atoms with Crippen LogP contribution in [0.25, 0.3) is 0 Å². The molecule has 0 atom stereocenters. The Bertz CT molecular complexity index is 562. The molecule has 21 heavy (non-hydrogen) atoms.